The summed E-state index contributed by atoms with van der Waals surface area (Å²) in [6.07, 6.45) is 7.39. The van der Waals surface area contributed by atoms with Crippen LogP contribution in [0.2, 0.25) is 0 Å². The smallest absolute Gasteiger partial charge is 0.192 e. The van der Waals surface area contributed by atoms with Gasteiger partial charge >= 0.3 is 0 Å². The van der Waals surface area contributed by atoms with E-state index in [1.807, 2.05) is 0 Å². The van der Waals surface area contributed by atoms with Crippen molar-refractivity contribution in [3.63, 3.8) is 0 Å². The molecule has 2 heteroatoms. The summed E-state index contributed by atoms with van der Waals surface area (Å²) in [6, 6.07) is 11.6. The maximum atomic E-state index is 10.3. The molecular weight excluding hydrogens is 424 g/mol. The number of nitrogens with zero attached hydrogens (tertiary/aromatic N) is 2. The third-order valence-corrected chi connectivity index (χ3v) is 14.0. The Labute approximate surface area is 209 Å². The first-order valence-corrected chi connectivity index (χ1v) is 13.8. The zero-order valence-electron chi connectivity index (χ0n) is 22.6. The van der Waals surface area contributed by atoms with Crippen molar-refractivity contribution < 1.29 is 4.57 Å². The molecule has 0 amide bonds. The molecule has 0 N–H and O–H groups in total. The van der Waals surface area contributed by atoms with Gasteiger partial charge in [-0.3, -0.25) is 0 Å². The van der Waals surface area contributed by atoms with Gasteiger partial charge in [0.15, 0.2) is 11.7 Å². The lowest BCUT2D eigenvalue weighted by atomic mass is 9.45. The molecule has 0 bridgehead atoms. The van der Waals surface area contributed by atoms with E-state index in [9.17, 15) is 5.26 Å². The fraction of sp³-hybridized carbons (Fsp3) is 0.576. The summed E-state index contributed by atoms with van der Waals surface area (Å²) < 4.78 is 2.71. The number of rotatable bonds is 2. The Bertz CT molecular complexity index is 1630. The van der Waals surface area contributed by atoms with Crippen LogP contribution in [0.3, 0.4) is 0 Å². The Kier molecular flexibility index (Phi) is 2.99. The normalized spacial score (nSPS) is 47.1. The molecule has 4 aliphatic carbocycles. The topological polar surface area (TPSA) is 27.7 Å². The van der Waals surface area contributed by atoms with Crippen molar-refractivity contribution in [3.8, 4) is 6.07 Å². The summed E-state index contributed by atoms with van der Waals surface area (Å²) in [5, 5.41) is 14.2. The van der Waals surface area contributed by atoms with Crippen molar-refractivity contribution in [3.05, 3.63) is 52.7 Å². The average molecular weight is 462 g/mol. The van der Waals surface area contributed by atoms with Gasteiger partial charge in [0, 0.05) is 40.5 Å². The van der Waals surface area contributed by atoms with Crippen LogP contribution in [0.15, 0.2) is 30.5 Å². The SMILES string of the molecule is CCC1(C)c2cccc3c(C#N)cc4c5c(c[n+](c4c23)C1(C)CC)C1(C)CC2(C)C3(C)CC5(C)C123. The summed E-state index contributed by atoms with van der Waals surface area (Å²) >= 11 is 0. The highest BCUT2D eigenvalue weighted by molar-refractivity contribution is 6.11. The molecule has 0 saturated heterocycles. The quantitative estimate of drug-likeness (QED) is 0.290. The van der Waals surface area contributed by atoms with Crippen molar-refractivity contribution in [2.75, 3.05) is 0 Å². The van der Waals surface area contributed by atoms with E-state index in [1.165, 1.54) is 34.7 Å². The second kappa shape index (κ2) is 5.04. The molecule has 5 aliphatic rings. The number of pyridine rings is 1. The average Bonchev–Trinajstić information content (AvgIpc) is 3.09. The van der Waals surface area contributed by atoms with Crippen molar-refractivity contribution >= 4 is 21.7 Å². The first-order valence-electron chi connectivity index (χ1n) is 13.8. The van der Waals surface area contributed by atoms with Crippen molar-refractivity contribution in [2.45, 2.75) is 103 Å². The van der Waals surface area contributed by atoms with Gasteiger partial charge in [-0.15, -0.1) is 0 Å². The number of hydrogen-bond acceptors (Lipinski definition) is 1. The molecule has 3 saturated carbocycles. The first kappa shape index (κ1) is 20.8. The second-order valence-corrected chi connectivity index (χ2v) is 14.2. The van der Waals surface area contributed by atoms with E-state index in [0.717, 1.165) is 23.8 Å². The van der Waals surface area contributed by atoms with E-state index < -0.39 is 0 Å². The predicted octanol–water partition coefficient (Wildman–Crippen LogP) is 7.31. The Morgan fingerprint density at radius 3 is 2.17 bits per heavy atom. The lowest BCUT2D eigenvalue weighted by molar-refractivity contribution is -0.751. The summed E-state index contributed by atoms with van der Waals surface area (Å²) in [6.45, 7) is 20.0. The molecule has 1 spiro atoms. The van der Waals surface area contributed by atoms with Gasteiger partial charge in [-0.05, 0) is 54.2 Å². The fourth-order valence-electron chi connectivity index (χ4n) is 12.7. The van der Waals surface area contributed by atoms with Crippen molar-refractivity contribution in [1.82, 2.24) is 0 Å². The van der Waals surface area contributed by atoms with Gasteiger partial charge in [-0.2, -0.15) is 9.83 Å². The van der Waals surface area contributed by atoms with Crippen LogP contribution in [0, 0.1) is 27.6 Å². The van der Waals surface area contributed by atoms with Crippen LogP contribution in [0.5, 0.6) is 0 Å². The minimum atomic E-state index is -0.0268. The van der Waals surface area contributed by atoms with Crippen LogP contribution >= 0.6 is 0 Å². The highest BCUT2D eigenvalue weighted by atomic mass is 15.1. The van der Waals surface area contributed by atoms with E-state index in [0.29, 0.717) is 16.2 Å². The molecule has 3 fully saturated rings. The minimum Gasteiger partial charge on any atom is -0.192 e. The van der Waals surface area contributed by atoms with Crippen LogP contribution in [-0.4, -0.2) is 0 Å². The highest BCUT2D eigenvalue weighted by Gasteiger charge is 3.06. The lowest BCUT2D eigenvalue weighted by Gasteiger charge is -2.57. The standard InChI is InChI=1S/C33H37N2/c1-9-27(3)22-13-11-12-20-19(15-34)14-21-25-23(16-35(26(21)24(20)22)32(27,8)10-2)28(4)17-30(6)31(7)18-29(25,5)33(28,30)31/h11-14,16H,9-10,17-18H2,1-8H3/q+1. The number of hydrogen-bond donors (Lipinski definition) is 0. The maximum Gasteiger partial charge on any atom is 0.221 e. The molecule has 35 heavy (non-hydrogen) atoms. The van der Waals surface area contributed by atoms with Gasteiger partial charge in [-0.25, -0.2) is 0 Å². The number of aromatic nitrogens is 1. The fourth-order valence-corrected chi connectivity index (χ4v) is 12.7. The molecule has 8 rings (SSSR count). The molecule has 178 valence electrons. The summed E-state index contributed by atoms with van der Waals surface area (Å²) in [7, 11) is 0. The summed E-state index contributed by atoms with van der Waals surface area (Å²) in [4.78, 5) is 0. The first-order chi connectivity index (χ1) is 16.4. The molecule has 1 aromatic heterocycles. The molecule has 2 heterocycles. The van der Waals surface area contributed by atoms with Gasteiger partial charge in [0.25, 0.3) is 0 Å². The van der Waals surface area contributed by atoms with E-state index in [4.69, 9.17) is 0 Å². The zero-order chi connectivity index (χ0) is 24.8. The lowest BCUT2D eigenvalue weighted by Crippen LogP contribution is -2.66. The Balaban J connectivity index is 1.64. The second-order valence-electron chi connectivity index (χ2n) is 14.2. The van der Waals surface area contributed by atoms with E-state index >= 15 is 0 Å². The van der Waals surface area contributed by atoms with Gasteiger partial charge in [0.05, 0.1) is 27.8 Å². The van der Waals surface area contributed by atoms with Crippen LogP contribution in [-0.2, 0) is 21.8 Å². The third-order valence-electron chi connectivity index (χ3n) is 14.0. The monoisotopic (exact) mass is 461 g/mol. The number of nitriles is 1. The molecule has 1 aliphatic heterocycles. The van der Waals surface area contributed by atoms with Crippen molar-refractivity contribution in [1.29, 1.82) is 5.26 Å². The summed E-state index contributed by atoms with van der Waals surface area (Å²) in [5.74, 6) is 0. The Morgan fingerprint density at radius 2 is 1.57 bits per heavy atom. The van der Waals surface area contributed by atoms with Crippen LogP contribution < -0.4 is 4.57 Å². The van der Waals surface area contributed by atoms with E-state index in [2.05, 4.69) is 96.5 Å². The maximum absolute atomic E-state index is 10.3. The largest absolute Gasteiger partial charge is 0.221 e. The molecule has 7 atom stereocenters. The molecule has 0 radical (unpaired) electrons. The van der Waals surface area contributed by atoms with Crippen LogP contribution in [0.4, 0.5) is 0 Å². The van der Waals surface area contributed by atoms with E-state index in [-0.39, 0.29) is 21.8 Å². The van der Waals surface area contributed by atoms with Gasteiger partial charge in [0.2, 0.25) is 5.52 Å². The molecule has 2 nitrogen and oxygen atoms in total. The number of benzene rings is 2. The molecule has 2 aromatic carbocycles. The summed E-state index contributed by atoms with van der Waals surface area (Å²) in [5.41, 5.74) is 8.61. The molecular formula is C33H37N2+. The van der Waals surface area contributed by atoms with Crippen LogP contribution in [0.1, 0.15) is 103 Å². The molecule has 7 unspecified atom stereocenters. The van der Waals surface area contributed by atoms with Gasteiger partial charge < -0.3 is 0 Å². The minimum absolute atomic E-state index is 0.00290. The predicted molar refractivity (Wildman–Crippen MR) is 141 cm³/mol. The number of fused-ring (bicyclic) bond motifs is 5. The highest BCUT2D eigenvalue weighted by Crippen LogP contribution is 3.09. The van der Waals surface area contributed by atoms with Crippen LogP contribution in [0.25, 0.3) is 21.7 Å². The third kappa shape index (κ3) is 1.42. The van der Waals surface area contributed by atoms with Gasteiger partial charge in [-0.1, -0.05) is 59.7 Å². The molecule has 3 aromatic rings. The zero-order valence-corrected chi connectivity index (χ0v) is 22.6. The Morgan fingerprint density at radius 1 is 0.886 bits per heavy atom. The Hall–Kier alpha value is -2.40. The van der Waals surface area contributed by atoms with Crippen molar-refractivity contribution in [2.24, 2.45) is 16.2 Å². The van der Waals surface area contributed by atoms with E-state index in [1.54, 1.807) is 11.1 Å². The van der Waals surface area contributed by atoms with Gasteiger partial charge in [0.1, 0.15) is 0 Å².